The molecule has 2 amide bonds. The maximum atomic E-state index is 12.5. The van der Waals surface area contributed by atoms with Gasteiger partial charge in [0.25, 0.3) is 11.8 Å². The Bertz CT molecular complexity index is 561. The van der Waals surface area contributed by atoms with E-state index < -0.39 is 12.2 Å². The first-order valence-corrected chi connectivity index (χ1v) is 7.23. The normalized spacial score (nSPS) is 26.8. The second kappa shape index (κ2) is 5.47. The van der Waals surface area contributed by atoms with Crippen LogP contribution in [0.1, 0.15) is 40.5 Å². The number of carbonyl (C=O) groups is 3. The zero-order chi connectivity index (χ0) is 15.9. The van der Waals surface area contributed by atoms with Gasteiger partial charge in [-0.05, 0) is 38.5 Å². The molecule has 3 atom stereocenters. The van der Waals surface area contributed by atoms with Crippen LogP contribution < -0.4 is 0 Å². The van der Waals surface area contributed by atoms with Gasteiger partial charge in [-0.2, -0.15) is 0 Å². The molecule has 0 fully saturated rings. The molecule has 0 N–H and O–H groups in total. The number of ether oxygens (including phenoxy) is 1. The van der Waals surface area contributed by atoms with Crippen molar-refractivity contribution in [3.63, 3.8) is 0 Å². The molecule has 1 aliphatic heterocycles. The number of rotatable bonds is 3. The third-order valence-corrected chi connectivity index (χ3v) is 4.40. The van der Waals surface area contributed by atoms with E-state index in [2.05, 4.69) is 13.5 Å². The van der Waals surface area contributed by atoms with Crippen LogP contribution in [0.4, 0.5) is 0 Å². The van der Waals surface area contributed by atoms with Crippen molar-refractivity contribution < 1.29 is 19.1 Å². The highest BCUT2D eigenvalue weighted by Gasteiger charge is 2.46. The molecule has 5 heteroatoms. The van der Waals surface area contributed by atoms with Crippen molar-refractivity contribution >= 4 is 17.8 Å². The molecular weight excluding hydrogens is 270 g/mol. The van der Waals surface area contributed by atoms with Gasteiger partial charge in [-0.15, -0.1) is 0 Å². The van der Waals surface area contributed by atoms with Crippen LogP contribution in [-0.2, 0) is 19.1 Å². The highest BCUT2D eigenvalue weighted by molar-refractivity contribution is 6.20. The van der Waals surface area contributed by atoms with Crippen molar-refractivity contribution in [2.24, 2.45) is 11.8 Å². The fraction of sp³-hybridized carbons (Fsp3) is 0.562. The largest absolute Gasteiger partial charge is 0.438 e. The summed E-state index contributed by atoms with van der Waals surface area (Å²) in [6, 6.07) is 0. The standard InChI is InChI=1S/C16H21NO4/c1-8(2)16(20)21-11(5)17-14(18)12-7-6-9(3)10(4)13(12)15(17)19/h9-11H,1,6-7H2,2-5H3. The van der Waals surface area contributed by atoms with E-state index in [1.807, 2.05) is 6.92 Å². The Labute approximate surface area is 124 Å². The quantitative estimate of drug-likeness (QED) is 0.454. The van der Waals surface area contributed by atoms with Gasteiger partial charge in [-0.1, -0.05) is 20.4 Å². The van der Waals surface area contributed by atoms with Crippen LogP contribution in [0.5, 0.6) is 0 Å². The monoisotopic (exact) mass is 291 g/mol. The average Bonchev–Trinajstić information content (AvgIpc) is 2.65. The molecule has 3 unspecified atom stereocenters. The summed E-state index contributed by atoms with van der Waals surface area (Å²) < 4.78 is 5.12. The number of esters is 1. The van der Waals surface area contributed by atoms with Crippen LogP contribution in [0.15, 0.2) is 23.3 Å². The van der Waals surface area contributed by atoms with Gasteiger partial charge < -0.3 is 4.74 Å². The van der Waals surface area contributed by atoms with E-state index in [9.17, 15) is 14.4 Å². The highest BCUT2D eigenvalue weighted by Crippen LogP contribution is 2.40. The van der Waals surface area contributed by atoms with E-state index in [1.54, 1.807) is 0 Å². The van der Waals surface area contributed by atoms with E-state index >= 15 is 0 Å². The molecule has 114 valence electrons. The number of nitrogens with zero attached hydrogens (tertiary/aromatic N) is 1. The van der Waals surface area contributed by atoms with Gasteiger partial charge in [0, 0.05) is 16.7 Å². The van der Waals surface area contributed by atoms with E-state index in [0.717, 1.165) is 11.3 Å². The van der Waals surface area contributed by atoms with Gasteiger partial charge in [-0.3, -0.25) is 9.59 Å². The molecule has 0 bridgehead atoms. The highest BCUT2D eigenvalue weighted by atomic mass is 16.6. The lowest BCUT2D eigenvalue weighted by Crippen LogP contribution is -2.42. The first kappa shape index (κ1) is 15.5. The molecule has 0 radical (unpaired) electrons. The van der Waals surface area contributed by atoms with Gasteiger partial charge in [0.2, 0.25) is 0 Å². The molecule has 0 aromatic heterocycles. The molecule has 0 saturated carbocycles. The number of carbonyl (C=O) groups excluding carboxylic acids is 3. The topological polar surface area (TPSA) is 63.7 Å². The maximum Gasteiger partial charge on any atom is 0.335 e. The van der Waals surface area contributed by atoms with E-state index in [0.29, 0.717) is 23.5 Å². The van der Waals surface area contributed by atoms with E-state index in [-0.39, 0.29) is 23.3 Å². The third-order valence-electron chi connectivity index (χ3n) is 4.40. The zero-order valence-corrected chi connectivity index (χ0v) is 12.9. The van der Waals surface area contributed by atoms with Gasteiger partial charge >= 0.3 is 5.97 Å². The van der Waals surface area contributed by atoms with Crippen LogP contribution in [0, 0.1) is 11.8 Å². The summed E-state index contributed by atoms with van der Waals surface area (Å²) in [5, 5.41) is 0. The fourth-order valence-corrected chi connectivity index (χ4v) is 2.87. The number of hydrogen-bond donors (Lipinski definition) is 0. The molecule has 0 aromatic carbocycles. The van der Waals surface area contributed by atoms with Crippen molar-refractivity contribution in [2.45, 2.75) is 46.8 Å². The maximum absolute atomic E-state index is 12.5. The van der Waals surface area contributed by atoms with Crippen LogP contribution >= 0.6 is 0 Å². The fourth-order valence-electron chi connectivity index (χ4n) is 2.87. The summed E-state index contributed by atoms with van der Waals surface area (Å²) in [5.41, 5.74) is 1.42. The van der Waals surface area contributed by atoms with E-state index in [4.69, 9.17) is 4.74 Å². The molecule has 5 nitrogen and oxygen atoms in total. The lowest BCUT2D eigenvalue weighted by molar-refractivity contribution is -0.161. The minimum atomic E-state index is -0.915. The SMILES string of the molecule is C=C(C)C(=O)OC(C)N1C(=O)C2=C(C1=O)C(C)C(C)CC2. The van der Waals surface area contributed by atoms with Crippen molar-refractivity contribution in [1.29, 1.82) is 0 Å². The lowest BCUT2D eigenvalue weighted by Gasteiger charge is -2.26. The predicted molar refractivity (Wildman–Crippen MR) is 76.8 cm³/mol. The first-order chi connectivity index (χ1) is 9.75. The molecule has 2 rings (SSSR count). The summed E-state index contributed by atoms with van der Waals surface area (Å²) in [6.45, 7) is 10.6. The molecule has 1 aliphatic carbocycles. The summed E-state index contributed by atoms with van der Waals surface area (Å²) >= 11 is 0. The Morgan fingerprint density at radius 3 is 2.52 bits per heavy atom. The number of imide groups is 1. The van der Waals surface area contributed by atoms with Crippen molar-refractivity contribution in [1.82, 2.24) is 4.90 Å². The van der Waals surface area contributed by atoms with Gasteiger partial charge in [-0.25, -0.2) is 9.69 Å². The molecule has 0 saturated heterocycles. The summed E-state index contributed by atoms with van der Waals surface area (Å²) in [6.07, 6.45) is 0.595. The molecular formula is C16H21NO4. The summed E-state index contributed by atoms with van der Waals surface area (Å²) in [5.74, 6) is -0.825. The van der Waals surface area contributed by atoms with Gasteiger partial charge in [0.15, 0.2) is 6.23 Å². The van der Waals surface area contributed by atoms with Crippen molar-refractivity contribution in [2.75, 3.05) is 0 Å². The molecule has 0 aromatic rings. The second-order valence-electron chi connectivity index (χ2n) is 5.96. The lowest BCUT2D eigenvalue weighted by atomic mass is 9.78. The van der Waals surface area contributed by atoms with Crippen LogP contribution in [-0.4, -0.2) is 28.9 Å². The van der Waals surface area contributed by atoms with Gasteiger partial charge in [0.1, 0.15) is 0 Å². The Morgan fingerprint density at radius 2 is 1.95 bits per heavy atom. The van der Waals surface area contributed by atoms with Crippen molar-refractivity contribution in [3.05, 3.63) is 23.3 Å². The second-order valence-corrected chi connectivity index (χ2v) is 5.96. The Kier molecular flexibility index (Phi) is 4.03. The number of amides is 2. The Morgan fingerprint density at radius 1 is 1.33 bits per heavy atom. The molecule has 2 aliphatic rings. The van der Waals surface area contributed by atoms with E-state index in [1.165, 1.54) is 13.8 Å². The van der Waals surface area contributed by atoms with Crippen LogP contribution in [0.25, 0.3) is 0 Å². The van der Waals surface area contributed by atoms with Gasteiger partial charge in [0.05, 0.1) is 0 Å². The third kappa shape index (κ3) is 2.52. The minimum Gasteiger partial charge on any atom is -0.438 e. The predicted octanol–water partition coefficient (Wildman–Crippen LogP) is 2.18. The average molecular weight is 291 g/mol. The zero-order valence-electron chi connectivity index (χ0n) is 12.9. The molecule has 0 spiro atoms. The first-order valence-electron chi connectivity index (χ1n) is 7.23. The number of hydrogen-bond acceptors (Lipinski definition) is 4. The molecule has 21 heavy (non-hydrogen) atoms. The summed E-state index contributed by atoms with van der Waals surface area (Å²) in [7, 11) is 0. The minimum absolute atomic E-state index is 0.0549. The Hall–Kier alpha value is -1.91. The molecule has 1 heterocycles. The Balaban J connectivity index is 2.23. The van der Waals surface area contributed by atoms with Crippen LogP contribution in [0.3, 0.4) is 0 Å². The van der Waals surface area contributed by atoms with Crippen molar-refractivity contribution in [3.8, 4) is 0 Å². The van der Waals surface area contributed by atoms with Crippen LogP contribution in [0.2, 0.25) is 0 Å². The summed E-state index contributed by atoms with van der Waals surface area (Å²) in [4.78, 5) is 37.6. The smallest absolute Gasteiger partial charge is 0.335 e.